The Morgan fingerprint density at radius 2 is 2.07 bits per heavy atom. The maximum absolute atomic E-state index is 13.5. The van der Waals surface area contributed by atoms with Gasteiger partial charge in [0.2, 0.25) is 0 Å². The third kappa shape index (κ3) is 3.69. The van der Waals surface area contributed by atoms with Crippen LogP contribution >= 0.6 is 0 Å². The molecule has 10 heteroatoms. The predicted molar refractivity (Wildman–Crippen MR) is 102 cm³/mol. The van der Waals surface area contributed by atoms with Crippen molar-refractivity contribution < 1.29 is 23.4 Å². The van der Waals surface area contributed by atoms with Crippen molar-refractivity contribution in [2.45, 2.75) is 64.3 Å². The number of carbonyl (C=O) groups excluding carboxylic acids is 1. The molecule has 1 fully saturated rings. The molecule has 4 rings (SSSR count). The smallest absolute Gasteiger partial charge is 0.413 e. The molecule has 1 aliphatic heterocycles. The molecular formula is C19H24FN5O4. The van der Waals surface area contributed by atoms with E-state index in [1.165, 1.54) is 6.33 Å². The number of rotatable bonds is 3. The van der Waals surface area contributed by atoms with Crippen molar-refractivity contribution >= 4 is 23.1 Å². The second kappa shape index (κ2) is 6.74. The number of carbonyl (C=O) groups is 1. The summed E-state index contributed by atoms with van der Waals surface area (Å²) in [5, 5.41) is 2.61. The second-order valence-electron chi connectivity index (χ2n) is 8.56. The summed E-state index contributed by atoms with van der Waals surface area (Å²) in [7, 11) is 0. The molecule has 2 aromatic rings. The van der Waals surface area contributed by atoms with Gasteiger partial charge in [-0.1, -0.05) is 6.08 Å². The first-order chi connectivity index (χ1) is 13.6. The van der Waals surface area contributed by atoms with Gasteiger partial charge in [0.1, 0.15) is 30.8 Å². The molecular weight excluding hydrogens is 381 g/mol. The van der Waals surface area contributed by atoms with Crippen molar-refractivity contribution in [2.24, 2.45) is 0 Å². The second-order valence-corrected chi connectivity index (χ2v) is 8.56. The van der Waals surface area contributed by atoms with Crippen LogP contribution in [0.2, 0.25) is 0 Å². The van der Waals surface area contributed by atoms with E-state index in [1.54, 1.807) is 51.6 Å². The van der Waals surface area contributed by atoms with Crippen LogP contribution in [0.15, 0.2) is 24.3 Å². The van der Waals surface area contributed by atoms with Crippen LogP contribution in [0.3, 0.4) is 0 Å². The van der Waals surface area contributed by atoms with Crippen molar-refractivity contribution in [3.63, 3.8) is 0 Å². The Morgan fingerprint density at radius 3 is 2.76 bits per heavy atom. The van der Waals surface area contributed by atoms with Gasteiger partial charge in [0.25, 0.3) is 0 Å². The zero-order valence-electron chi connectivity index (χ0n) is 17.0. The molecule has 3 heterocycles. The molecule has 29 heavy (non-hydrogen) atoms. The first-order valence-electron chi connectivity index (χ1n) is 9.38. The number of halogens is 1. The Hall–Kier alpha value is -2.59. The van der Waals surface area contributed by atoms with Crippen LogP contribution in [0.4, 0.5) is 15.0 Å². The van der Waals surface area contributed by atoms with E-state index in [0.717, 1.165) is 0 Å². The number of hydrogen-bond acceptors (Lipinski definition) is 7. The van der Waals surface area contributed by atoms with E-state index in [0.29, 0.717) is 16.7 Å². The molecule has 1 N–H and O–H groups in total. The first kappa shape index (κ1) is 19.7. The van der Waals surface area contributed by atoms with Crippen LogP contribution in [0, 0.1) is 0 Å². The molecule has 0 bridgehead atoms. The summed E-state index contributed by atoms with van der Waals surface area (Å²) in [6.07, 6.45) is 3.20. The molecule has 0 spiro atoms. The number of amides is 1. The molecule has 156 valence electrons. The summed E-state index contributed by atoms with van der Waals surface area (Å²) in [4.78, 5) is 24.9. The fourth-order valence-corrected chi connectivity index (χ4v) is 3.66. The molecule has 1 saturated heterocycles. The SMILES string of the molecule is CC(C)(C)OC(=O)Nc1ncnc2c1ncn2C1C=C(CF)C2OC(C)(C)OC21. The van der Waals surface area contributed by atoms with Gasteiger partial charge >= 0.3 is 6.09 Å². The number of ether oxygens (including phenoxy) is 3. The van der Waals surface area contributed by atoms with Gasteiger partial charge in [0.15, 0.2) is 22.8 Å². The summed E-state index contributed by atoms with van der Waals surface area (Å²) < 4.78 is 32.5. The average Bonchev–Trinajstić information content (AvgIpc) is 3.24. The molecule has 3 atom stereocenters. The number of fused-ring (bicyclic) bond motifs is 2. The van der Waals surface area contributed by atoms with E-state index >= 15 is 0 Å². The summed E-state index contributed by atoms with van der Waals surface area (Å²) in [5.74, 6) is -0.576. The Morgan fingerprint density at radius 1 is 1.31 bits per heavy atom. The van der Waals surface area contributed by atoms with E-state index < -0.39 is 36.4 Å². The van der Waals surface area contributed by atoms with Crippen LogP contribution in [0.1, 0.15) is 40.7 Å². The number of imidazole rings is 1. The number of nitrogens with one attached hydrogen (secondary N) is 1. The molecule has 2 aliphatic rings. The van der Waals surface area contributed by atoms with Gasteiger partial charge < -0.3 is 18.8 Å². The fraction of sp³-hybridized carbons (Fsp3) is 0.579. The third-order valence-electron chi connectivity index (χ3n) is 4.67. The number of anilines is 1. The highest BCUT2D eigenvalue weighted by molar-refractivity contribution is 5.93. The molecule has 1 amide bonds. The summed E-state index contributed by atoms with van der Waals surface area (Å²) in [6, 6.07) is -0.346. The molecule has 9 nitrogen and oxygen atoms in total. The minimum atomic E-state index is -0.808. The lowest BCUT2D eigenvalue weighted by atomic mass is 10.1. The Balaban J connectivity index is 1.66. The molecule has 0 radical (unpaired) electrons. The first-order valence-corrected chi connectivity index (χ1v) is 9.38. The van der Waals surface area contributed by atoms with Crippen molar-refractivity contribution in [3.8, 4) is 0 Å². The monoisotopic (exact) mass is 405 g/mol. The van der Waals surface area contributed by atoms with Crippen molar-refractivity contribution in [1.29, 1.82) is 0 Å². The zero-order valence-corrected chi connectivity index (χ0v) is 17.0. The standard InChI is InChI=1S/C19H24FN5O4/c1-18(2,3)29-17(26)24-15-12-16(22-8-21-15)25(9-23-12)11-6-10(7-20)13-14(11)28-19(4,5)27-13/h6,8-9,11,13-14H,7H2,1-5H3,(H,21,22,24,26). The van der Waals surface area contributed by atoms with E-state index in [2.05, 4.69) is 20.3 Å². The minimum Gasteiger partial charge on any atom is -0.444 e. The number of aromatic nitrogens is 4. The predicted octanol–water partition coefficient (Wildman–Crippen LogP) is 3.14. The van der Waals surface area contributed by atoms with Gasteiger partial charge in [0, 0.05) is 0 Å². The van der Waals surface area contributed by atoms with E-state index in [9.17, 15) is 9.18 Å². The van der Waals surface area contributed by atoms with Gasteiger partial charge in [-0.05, 0) is 40.2 Å². The maximum atomic E-state index is 13.5. The zero-order chi connectivity index (χ0) is 21.0. The van der Waals surface area contributed by atoms with E-state index in [1.807, 2.05) is 0 Å². The normalized spacial score (nSPS) is 25.7. The van der Waals surface area contributed by atoms with Crippen LogP contribution in [-0.2, 0) is 14.2 Å². The van der Waals surface area contributed by atoms with Gasteiger partial charge in [-0.25, -0.2) is 24.1 Å². The van der Waals surface area contributed by atoms with E-state index in [-0.39, 0.29) is 11.9 Å². The summed E-state index contributed by atoms with van der Waals surface area (Å²) >= 11 is 0. The van der Waals surface area contributed by atoms with Crippen molar-refractivity contribution in [2.75, 3.05) is 12.0 Å². The number of hydrogen-bond donors (Lipinski definition) is 1. The lowest BCUT2D eigenvalue weighted by molar-refractivity contribution is -0.148. The largest absolute Gasteiger partial charge is 0.444 e. The van der Waals surface area contributed by atoms with Gasteiger partial charge in [0.05, 0.1) is 12.4 Å². The van der Waals surface area contributed by atoms with Crippen LogP contribution in [-0.4, -0.2) is 55.9 Å². The minimum absolute atomic E-state index is 0.233. The van der Waals surface area contributed by atoms with Gasteiger partial charge in [-0.15, -0.1) is 0 Å². The van der Waals surface area contributed by atoms with Crippen molar-refractivity contribution in [3.05, 3.63) is 24.3 Å². The van der Waals surface area contributed by atoms with E-state index in [4.69, 9.17) is 14.2 Å². The Kier molecular flexibility index (Phi) is 4.58. The highest BCUT2D eigenvalue weighted by Gasteiger charge is 2.50. The fourth-order valence-electron chi connectivity index (χ4n) is 3.66. The molecule has 3 unspecified atom stereocenters. The molecule has 0 aromatic carbocycles. The van der Waals surface area contributed by atoms with Crippen LogP contribution < -0.4 is 5.32 Å². The average molecular weight is 405 g/mol. The lowest BCUT2D eigenvalue weighted by Crippen LogP contribution is -2.28. The van der Waals surface area contributed by atoms with Crippen molar-refractivity contribution in [1.82, 2.24) is 19.5 Å². The quantitative estimate of drug-likeness (QED) is 0.783. The molecule has 2 aromatic heterocycles. The Bertz CT molecular complexity index is 981. The number of alkyl halides is 1. The van der Waals surface area contributed by atoms with Gasteiger partial charge in [-0.3, -0.25) is 5.32 Å². The summed E-state index contributed by atoms with van der Waals surface area (Å²) in [6.45, 7) is 8.29. The molecule has 0 saturated carbocycles. The summed E-state index contributed by atoms with van der Waals surface area (Å²) in [5.41, 5.74) is 0.775. The number of nitrogens with zero attached hydrogens (tertiary/aromatic N) is 4. The third-order valence-corrected chi connectivity index (χ3v) is 4.67. The maximum Gasteiger partial charge on any atom is 0.413 e. The highest BCUT2D eigenvalue weighted by atomic mass is 19.1. The van der Waals surface area contributed by atoms with Gasteiger partial charge in [-0.2, -0.15) is 0 Å². The lowest BCUT2D eigenvalue weighted by Gasteiger charge is -2.22. The van der Waals surface area contributed by atoms with Crippen LogP contribution in [0.5, 0.6) is 0 Å². The highest BCUT2D eigenvalue weighted by Crippen LogP contribution is 2.44. The topological polar surface area (TPSA) is 100 Å². The Labute approximate surface area is 167 Å². The molecule has 1 aliphatic carbocycles. The van der Waals surface area contributed by atoms with Crippen LogP contribution in [0.25, 0.3) is 11.2 Å².